The van der Waals surface area contributed by atoms with E-state index in [9.17, 15) is 9.59 Å². The van der Waals surface area contributed by atoms with Crippen LogP contribution in [0.5, 0.6) is 0 Å². The molecule has 6 nitrogen and oxygen atoms in total. The van der Waals surface area contributed by atoms with Crippen molar-refractivity contribution < 1.29 is 9.59 Å². The number of anilines is 1. The molecule has 0 bridgehead atoms. The molecule has 1 aromatic carbocycles. The van der Waals surface area contributed by atoms with Gasteiger partial charge in [0.1, 0.15) is 4.83 Å². The average molecular weight is 493 g/mol. The van der Waals surface area contributed by atoms with Crippen LogP contribution in [0.25, 0.3) is 21.5 Å². The summed E-state index contributed by atoms with van der Waals surface area (Å²) in [5.41, 5.74) is 6.45. The van der Waals surface area contributed by atoms with E-state index in [1.807, 2.05) is 9.80 Å². The van der Waals surface area contributed by atoms with Gasteiger partial charge in [0.2, 0.25) is 5.91 Å². The quantitative estimate of drug-likeness (QED) is 0.533. The Hall–Kier alpha value is -2.80. The Labute approximate surface area is 211 Å². The van der Waals surface area contributed by atoms with E-state index >= 15 is 0 Å². The summed E-state index contributed by atoms with van der Waals surface area (Å²) in [7, 11) is 0. The Kier molecular flexibility index (Phi) is 6.62. The maximum atomic E-state index is 14.2. The number of nitrogens with one attached hydrogen (secondary N) is 1. The molecule has 2 aliphatic rings. The number of aryl methyl sites for hydroxylation is 3. The molecule has 35 heavy (non-hydrogen) atoms. The van der Waals surface area contributed by atoms with Crippen LogP contribution in [-0.2, 0) is 11.2 Å². The van der Waals surface area contributed by atoms with Crippen LogP contribution in [0.1, 0.15) is 59.5 Å². The zero-order valence-electron chi connectivity index (χ0n) is 21.4. The number of nitrogens with zero attached hydrogens (tertiary/aromatic N) is 3. The zero-order valence-corrected chi connectivity index (χ0v) is 22.2. The van der Waals surface area contributed by atoms with Crippen LogP contribution in [0.15, 0.2) is 18.2 Å². The van der Waals surface area contributed by atoms with Crippen LogP contribution in [-0.4, -0.2) is 65.9 Å². The van der Waals surface area contributed by atoms with Crippen molar-refractivity contribution in [1.82, 2.24) is 14.8 Å². The number of thiophene rings is 1. The Morgan fingerprint density at radius 1 is 0.914 bits per heavy atom. The fourth-order valence-corrected chi connectivity index (χ4v) is 6.89. The maximum absolute atomic E-state index is 14.2. The van der Waals surface area contributed by atoms with Crippen molar-refractivity contribution in [3.8, 4) is 11.3 Å². The molecule has 5 rings (SSSR count). The van der Waals surface area contributed by atoms with Crippen molar-refractivity contribution in [2.75, 3.05) is 44.2 Å². The molecular weight excluding hydrogens is 456 g/mol. The molecule has 0 saturated carbocycles. The van der Waals surface area contributed by atoms with Gasteiger partial charge in [0, 0.05) is 56.5 Å². The summed E-state index contributed by atoms with van der Waals surface area (Å²) in [5, 5.41) is 1.10. The normalized spacial score (nSPS) is 16.9. The zero-order chi connectivity index (χ0) is 24.7. The van der Waals surface area contributed by atoms with Crippen LogP contribution in [0.2, 0.25) is 0 Å². The van der Waals surface area contributed by atoms with Crippen molar-refractivity contribution in [3.05, 3.63) is 39.8 Å². The fourth-order valence-electron chi connectivity index (χ4n) is 5.71. The third-order valence-corrected chi connectivity index (χ3v) is 8.66. The van der Waals surface area contributed by atoms with E-state index in [4.69, 9.17) is 0 Å². The van der Waals surface area contributed by atoms with Crippen molar-refractivity contribution in [3.63, 3.8) is 0 Å². The Morgan fingerprint density at radius 2 is 1.54 bits per heavy atom. The van der Waals surface area contributed by atoms with Crippen molar-refractivity contribution in [2.24, 2.45) is 0 Å². The SMILES string of the molecule is CCc1sc2[nH]c(-c3cc(C)cc(C)c3)c(C(=O)N3CCN(C(C)=O)CC3)c2c1N1CCCCC1. The van der Waals surface area contributed by atoms with Gasteiger partial charge in [0.15, 0.2) is 0 Å². The van der Waals surface area contributed by atoms with Gasteiger partial charge in [-0.3, -0.25) is 9.59 Å². The number of piperazine rings is 1. The summed E-state index contributed by atoms with van der Waals surface area (Å²) in [6.45, 7) is 12.5. The number of aromatic nitrogens is 1. The highest BCUT2D eigenvalue weighted by molar-refractivity contribution is 7.19. The molecule has 0 radical (unpaired) electrons. The monoisotopic (exact) mass is 492 g/mol. The number of hydrogen-bond donors (Lipinski definition) is 1. The first kappa shape index (κ1) is 23.9. The second-order valence-corrected chi connectivity index (χ2v) is 11.1. The summed E-state index contributed by atoms with van der Waals surface area (Å²) in [6, 6.07) is 6.52. The molecule has 2 saturated heterocycles. The molecule has 2 aliphatic heterocycles. The first-order valence-electron chi connectivity index (χ1n) is 12.9. The fraction of sp³-hybridized carbons (Fsp3) is 0.500. The molecule has 3 aromatic rings. The number of fused-ring (bicyclic) bond motifs is 1. The van der Waals surface area contributed by atoms with Gasteiger partial charge in [-0.25, -0.2) is 0 Å². The summed E-state index contributed by atoms with van der Waals surface area (Å²) in [5.74, 6) is 0.155. The summed E-state index contributed by atoms with van der Waals surface area (Å²) >= 11 is 1.80. The summed E-state index contributed by atoms with van der Waals surface area (Å²) in [4.78, 5) is 38.5. The van der Waals surface area contributed by atoms with Crippen LogP contribution in [0.3, 0.4) is 0 Å². The number of rotatable bonds is 4. The lowest BCUT2D eigenvalue weighted by Gasteiger charge is -2.34. The molecule has 2 fully saturated rings. The number of piperidine rings is 1. The van der Waals surface area contributed by atoms with Gasteiger partial charge < -0.3 is 19.7 Å². The molecule has 0 atom stereocenters. The number of hydrogen-bond acceptors (Lipinski definition) is 4. The highest BCUT2D eigenvalue weighted by Crippen LogP contribution is 2.45. The molecule has 186 valence electrons. The smallest absolute Gasteiger partial charge is 0.256 e. The highest BCUT2D eigenvalue weighted by atomic mass is 32.1. The Morgan fingerprint density at radius 3 is 2.14 bits per heavy atom. The van der Waals surface area contributed by atoms with E-state index in [-0.39, 0.29) is 11.8 Å². The lowest BCUT2D eigenvalue weighted by Crippen LogP contribution is -2.50. The largest absolute Gasteiger partial charge is 0.370 e. The van der Waals surface area contributed by atoms with Gasteiger partial charge in [-0.1, -0.05) is 24.1 Å². The first-order valence-corrected chi connectivity index (χ1v) is 13.7. The van der Waals surface area contributed by atoms with Gasteiger partial charge in [0.05, 0.1) is 16.9 Å². The van der Waals surface area contributed by atoms with E-state index in [1.54, 1.807) is 18.3 Å². The van der Waals surface area contributed by atoms with Gasteiger partial charge in [-0.15, -0.1) is 11.3 Å². The third-order valence-electron chi connectivity index (χ3n) is 7.42. The van der Waals surface area contributed by atoms with Gasteiger partial charge in [0.25, 0.3) is 5.91 Å². The molecular formula is C28H36N4O2S. The first-order chi connectivity index (χ1) is 16.9. The maximum Gasteiger partial charge on any atom is 0.256 e. The van der Waals surface area contributed by atoms with E-state index in [0.29, 0.717) is 26.2 Å². The minimum Gasteiger partial charge on any atom is -0.370 e. The van der Waals surface area contributed by atoms with Gasteiger partial charge >= 0.3 is 0 Å². The molecule has 2 aromatic heterocycles. The summed E-state index contributed by atoms with van der Waals surface area (Å²) in [6.07, 6.45) is 4.64. The van der Waals surface area contributed by atoms with Gasteiger partial charge in [-0.2, -0.15) is 0 Å². The van der Waals surface area contributed by atoms with E-state index in [2.05, 4.69) is 48.9 Å². The van der Waals surface area contributed by atoms with E-state index in [0.717, 1.165) is 46.5 Å². The predicted octanol–water partition coefficient (Wildman–Crippen LogP) is 5.37. The predicted molar refractivity (Wildman–Crippen MR) is 145 cm³/mol. The number of aromatic amines is 1. The Bertz CT molecular complexity index is 1240. The number of amides is 2. The second-order valence-electron chi connectivity index (χ2n) is 10.0. The number of H-pyrrole nitrogens is 1. The number of carbonyl (C=O) groups is 2. The van der Waals surface area contributed by atoms with Crippen molar-refractivity contribution in [1.29, 1.82) is 0 Å². The molecule has 0 spiro atoms. The summed E-state index contributed by atoms with van der Waals surface area (Å²) < 4.78 is 0. The van der Waals surface area contributed by atoms with Crippen LogP contribution >= 0.6 is 11.3 Å². The molecule has 0 unspecified atom stereocenters. The highest BCUT2D eigenvalue weighted by Gasteiger charge is 2.32. The minimum atomic E-state index is 0.0762. The topological polar surface area (TPSA) is 59.7 Å². The van der Waals surface area contributed by atoms with E-state index in [1.165, 1.54) is 41.0 Å². The van der Waals surface area contributed by atoms with E-state index < -0.39 is 0 Å². The Balaban J connectivity index is 1.67. The van der Waals surface area contributed by atoms with Crippen LogP contribution in [0.4, 0.5) is 5.69 Å². The lowest BCUT2D eigenvalue weighted by atomic mass is 9.99. The van der Waals surface area contributed by atoms with Crippen LogP contribution < -0.4 is 4.90 Å². The average Bonchev–Trinajstić information content (AvgIpc) is 3.39. The standard InChI is InChI=1S/C28H36N4O2S/c1-5-22-26(31-9-7-6-8-10-31)24-23(28(34)32-13-11-30(12-14-32)20(4)33)25(29-27(24)35-22)21-16-18(2)15-19(3)17-21/h15-17,29H,5-14H2,1-4H3. The van der Waals surface area contributed by atoms with Crippen molar-refractivity contribution >= 4 is 39.1 Å². The molecule has 4 heterocycles. The molecule has 0 aliphatic carbocycles. The van der Waals surface area contributed by atoms with Crippen molar-refractivity contribution in [2.45, 2.75) is 53.4 Å². The third kappa shape index (κ3) is 4.46. The number of benzene rings is 1. The molecule has 1 N–H and O–H groups in total. The van der Waals surface area contributed by atoms with Gasteiger partial charge in [-0.05, 0) is 57.2 Å². The number of carbonyl (C=O) groups excluding carboxylic acids is 2. The lowest BCUT2D eigenvalue weighted by molar-refractivity contribution is -0.130. The second kappa shape index (κ2) is 9.69. The minimum absolute atomic E-state index is 0.0762. The van der Waals surface area contributed by atoms with Crippen LogP contribution in [0, 0.1) is 13.8 Å². The molecule has 2 amide bonds. The molecule has 7 heteroatoms.